The lowest BCUT2D eigenvalue weighted by atomic mass is 10.2. The first-order valence-electron chi connectivity index (χ1n) is 4.87. The van der Waals surface area contributed by atoms with Crippen LogP contribution in [0.2, 0.25) is 5.02 Å². The number of halogens is 1. The molecule has 0 atom stereocenters. The fourth-order valence-corrected chi connectivity index (χ4v) is 1.33. The molecular formula is C11H15ClN2O. The Morgan fingerprint density at radius 1 is 1.40 bits per heavy atom. The van der Waals surface area contributed by atoms with Crippen LogP contribution in [0, 0.1) is 0 Å². The van der Waals surface area contributed by atoms with E-state index in [4.69, 9.17) is 11.6 Å². The first kappa shape index (κ1) is 11.9. The second-order valence-corrected chi connectivity index (χ2v) is 3.98. The zero-order valence-corrected chi connectivity index (χ0v) is 9.64. The van der Waals surface area contributed by atoms with Gasteiger partial charge in [-0.05, 0) is 25.5 Å². The van der Waals surface area contributed by atoms with Gasteiger partial charge in [0.05, 0.1) is 0 Å². The van der Waals surface area contributed by atoms with Gasteiger partial charge in [-0.25, -0.2) is 4.79 Å². The lowest BCUT2D eigenvalue weighted by Gasteiger charge is -2.10. The molecule has 0 heterocycles. The Labute approximate surface area is 94.8 Å². The van der Waals surface area contributed by atoms with E-state index in [-0.39, 0.29) is 12.1 Å². The smallest absolute Gasteiger partial charge is 0.315 e. The summed E-state index contributed by atoms with van der Waals surface area (Å²) in [7, 11) is 0. The lowest BCUT2D eigenvalue weighted by molar-refractivity contribution is 0.238. The van der Waals surface area contributed by atoms with E-state index in [0.717, 1.165) is 5.56 Å². The predicted octanol–water partition coefficient (Wildman–Crippen LogP) is 2.55. The Morgan fingerprint density at radius 3 is 2.67 bits per heavy atom. The molecule has 0 radical (unpaired) electrons. The van der Waals surface area contributed by atoms with E-state index >= 15 is 0 Å². The van der Waals surface area contributed by atoms with Gasteiger partial charge in [-0.1, -0.05) is 29.8 Å². The average molecular weight is 227 g/mol. The summed E-state index contributed by atoms with van der Waals surface area (Å²) >= 11 is 5.94. The highest BCUT2D eigenvalue weighted by atomic mass is 35.5. The molecule has 82 valence electrons. The Kier molecular flexibility index (Phi) is 4.43. The van der Waals surface area contributed by atoms with Gasteiger partial charge in [0.2, 0.25) is 0 Å². The van der Waals surface area contributed by atoms with Crippen LogP contribution in [0.5, 0.6) is 0 Å². The second kappa shape index (κ2) is 5.61. The molecule has 1 aromatic carbocycles. The number of urea groups is 1. The molecule has 1 aromatic rings. The largest absolute Gasteiger partial charge is 0.336 e. The maximum atomic E-state index is 11.3. The minimum atomic E-state index is -0.176. The first-order chi connectivity index (χ1) is 7.09. The highest BCUT2D eigenvalue weighted by molar-refractivity contribution is 6.31. The molecule has 3 nitrogen and oxygen atoms in total. The molecule has 0 saturated heterocycles. The van der Waals surface area contributed by atoms with Crippen LogP contribution in [0.25, 0.3) is 0 Å². The van der Waals surface area contributed by atoms with E-state index < -0.39 is 0 Å². The van der Waals surface area contributed by atoms with E-state index in [1.807, 2.05) is 32.0 Å². The van der Waals surface area contributed by atoms with Crippen molar-refractivity contribution in [3.8, 4) is 0 Å². The fraction of sp³-hybridized carbons (Fsp3) is 0.364. The molecule has 0 bridgehead atoms. The quantitative estimate of drug-likeness (QED) is 0.817. The average Bonchev–Trinajstić information content (AvgIpc) is 2.15. The van der Waals surface area contributed by atoms with E-state index in [1.54, 1.807) is 6.07 Å². The summed E-state index contributed by atoms with van der Waals surface area (Å²) in [6.07, 6.45) is 0. The van der Waals surface area contributed by atoms with Crippen LogP contribution >= 0.6 is 11.6 Å². The number of nitrogens with one attached hydrogen (secondary N) is 2. The van der Waals surface area contributed by atoms with Crippen molar-refractivity contribution in [3.05, 3.63) is 34.9 Å². The van der Waals surface area contributed by atoms with Crippen LogP contribution in [0.4, 0.5) is 4.79 Å². The summed E-state index contributed by atoms with van der Waals surface area (Å²) in [5, 5.41) is 6.14. The molecule has 2 N–H and O–H groups in total. The molecule has 0 unspecified atom stereocenters. The monoisotopic (exact) mass is 226 g/mol. The SMILES string of the molecule is CC(C)NC(=O)NCc1ccccc1Cl. The number of hydrogen-bond donors (Lipinski definition) is 2. The summed E-state index contributed by atoms with van der Waals surface area (Å²) in [5.74, 6) is 0. The fourth-order valence-electron chi connectivity index (χ4n) is 1.13. The van der Waals surface area contributed by atoms with E-state index in [9.17, 15) is 4.79 Å². The van der Waals surface area contributed by atoms with Crippen LogP contribution in [0.1, 0.15) is 19.4 Å². The van der Waals surface area contributed by atoms with Gasteiger partial charge in [0.15, 0.2) is 0 Å². The second-order valence-electron chi connectivity index (χ2n) is 3.57. The van der Waals surface area contributed by atoms with E-state index in [1.165, 1.54) is 0 Å². The summed E-state index contributed by atoms with van der Waals surface area (Å²) in [5.41, 5.74) is 0.915. The van der Waals surface area contributed by atoms with Crippen molar-refractivity contribution < 1.29 is 4.79 Å². The number of carbonyl (C=O) groups excluding carboxylic acids is 1. The van der Waals surface area contributed by atoms with Gasteiger partial charge in [-0.15, -0.1) is 0 Å². The molecule has 2 amide bonds. The van der Waals surface area contributed by atoms with Gasteiger partial charge >= 0.3 is 6.03 Å². The molecule has 1 rings (SSSR count). The Bertz CT molecular complexity index is 339. The molecule has 0 aliphatic rings. The number of rotatable bonds is 3. The highest BCUT2D eigenvalue weighted by Gasteiger charge is 2.03. The van der Waals surface area contributed by atoms with Gasteiger partial charge in [0.1, 0.15) is 0 Å². The van der Waals surface area contributed by atoms with Crippen molar-refractivity contribution >= 4 is 17.6 Å². The van der Waals surface area contributed by atoms with Gasteiger partial charge in [-0.3, -0.25) is 0 Å². The third kappa shape index (κ3) is 4.21. The maximum Gasteiger partial charge on any atom is 0.315 e. The molecule has 0 spiro atoms. The number of carbonyl (C=O) groups is 1. The molecule has 0 aromatic heterocycles. The zero-order valence-electron chi connectivity index (χ0n) is 8.88. The molecule has 0 fully saturated rings. The predicted molar refractivity (Wildman–Crippen MR) is 62.0 cm³/mol. The third-order valence-corrected chi connectivity index (χ3v) is 2.19. The van der Waals surface area contributed by atoms with Crippen LogP contribution in [0.15, 0.2) is 24.3 Å². The first-order valence-corrected chi connectivity index (χ1v) is 5.25. The van der Waals surface area contributed by atoms with Crippen molar-refractivity contribution in [2.75, 3.05) is 0 Å². The molecule has 4 heteroatoms. The maximum absolute atomic E-state index is 11.3. The van der Waals surface area contributed by atoms with E-state index in [0.29, 0.717) is 11.6 Å². The molecule has 15 heavy (non-hydrogen) atoms. The van der Waals surface area contributed by atoms with Gasteiger partial charge in [0, 0.05) is 17.6 Å². The zero-order chi connectivity index (χ0) is 11.3. The highest BCUT2D eigenvalue weighted by Crippen LogP contribution is 2.13. The van der Waals surface area contributed by atoms with Crippen molar-refractivity contribution in [3.63, 3.8) is 0 Å². The van der Waals surface area contributed by atoms with Crippen molar-refractivity contribution in [1.82, 2.24) is 10.6 Å². The molecule has 0 aliphatic carbocycles. The molecule has 0 saturated carbocycles. The van der Waals surface area contributed by atoms with Crippen molar-refractivity contribution in [2.24, 2.45) is 0 Å². The normalized spacial score (nSPS) is 10.1. The van der Waals surface area contributed by atoms with Crippen LogP contribution in [-0.4, -0.2) is 12.1 Å². The number of hydrogen-bond acceptors (Lipinski definition) is 1. The molecule has 0 aliphatic heterocycles. The molecular weight excluding hydrogens is 212 g/mol. The topological polar surface area (TPSA) is 41.1 Å². The third-order valence-electron chi connectivity index (χ3n) is 1.82. The van der Waals surface area contributed by atoms with Crippen LogP contribution in [0.3, 0.4) is 0 Å². The van der Waals surface area contributed by atoms with Gasteiger partial charge < -0.3 is 10.6 Å². The Balaban J connectivity index is 2.44. The van der Waals surface area contributed by atoms with Crippen molar-refractivity contribution in [2.45, 2.75) is 26.4 Å². The summed E-state index contributed by atoms with van der Waals surface area (Å²) in [6.45, 7) is 4.27. The van der Waals surface area contributed by atoms with Gasteiger partial charge in [0.25, 0.3) is 0 Å². The Morgan fingerprint density at radius 2 is 2.07 bits per heavy atom. The van der Waals surface area contributed by atoms with Crippen molar-refractivity contribution in [1.29, 1.82) is 0 Å². The van der Waals surface area contributed by atoms with Gasteiger partial charge in [-0.2, -0.15) is 0 Å². The summed E-state index contributed by atoms with van der Waals surface area (Å²) in [4.78, 5) is 11.3. The van der Waals surface area contributed by atoms with E-state index in [2.05, 4.69) is 10.6 Å². The number of benzene rings is 1. The lowest BCUT2D eigenvalue weighted by Crippen LogP contribution is -2.39. The minimum absolute atomic E-state index is 0.135. The Hall–Kier alpha value is -1.22. The minimum Gasteiger partial charge on any atom is -0.336 e. The van der Waals surface area contributed by atoms with Crippen LogP contribution in [-0.2, 0) is 6.54 Å². The van der Waals surface area contributed by atoms with Crippen LogP contribution < -0.4 is 10.6 Å². The summed E-state index contributed by atoms with van der Waals surface area (Å²) < 4.78 is 0. The number of amides is 2. The standard InChI is InChI=1S/C11H15ClN2O/c1-8(2)14-11(15)13-7-9-5-3-4-6-10(9)12/h3-6,8H,7H2,1-2H3,(H2,13,14,15). The summed E-state index contributed by atoms with van der Waals surface area (Å²) in [6, 6.07) is 7.40.